The molecule has 2 aromatic rings. The summed E-state index contributed by atoms with van der Waals surface area (Å²) in [6.07, 6.45) is 0.793. The van der Waals surface area contributed by atoms with Crippen molar-refractivity contribution in [2.24, 2.45) is 0 Å². The molecule has 0 radical (unpaired) electrons. The van der Waals surface area contributed by atoms with Gasteiger partial charge in [-0.05, 0) is 48.7 Å². The molecule has 2 rings (SSSR count). The van der Waals surface area contributed by atoms with Gasteiger partial charge >= 0.3 is 6.03 Å². The normalized spacial score (nSPS) is 11.8. The van der Waals surface area contributed by atoms with Crippen molar-refractivity contribution in [2.75, 3.05) is 5.75 Å². The summed E-state index contributed by atoms with van der Waals surface area (Å²) in [6, 6.07) is 5.44. The number of nitrogens with zero attached hydrogens (tertiary/aromatic N) is 4. The van der Waals surface area contributed by atoms with Gasteiger partial charge in [-0.2, -0.15) is 4.68 Å². The third-order valence-corrected chi connectivity index (χ3v) is 4.59. The van der Waals surface area contributed by atoms with E-state index in [9.17, 15) is 9.59 Å². The monoisotopic (exact) mass is 362 g/mol. The number of tetrazole rings is 1. The molecule has 0 saturated heterocycles. The smallest absolute Gasteiger partial charge is 0.321 e. The highest BCUT2D eigenvalue weighted by Crippen LogP contribution is 2.23. The molecule has 0 unspecified atom stereocenters. The SMILES string of the molecule is CC[C@@H](C)NC(=O)NC(=O)CSc1nnnn1-c1c(C)cccc1C. The maximum Gasteiger partial charge on any atom is 0.321 e. The fourth-order valence-electron chi connectivity index (χ4n) is 2.20. The lowest BCUT2D eigenvalue weighted by molar-refractivity contribution is -0.117. The van der Waals surface area contributed by atoms with E-state index in [2.05, 4.69) is 26.2 Å². The number of amides is 3. The molecule has 0 saturated carbocycles. The highest BCUT2D eigenvalue weighted by Gasteiger charge is 2.16. The first-order valence-electron chi connectivity index (χ1n) is 8.00. The van der Waals surface area contributed by atoms with Crippen molar-refractivity contribution in [3.05, 3.63) is 29.3 Å². The Bertz CT molecular complexity index is 741. The molecular weight excluding hydrogens is 340 g/mol. The first kappa shape index (κ1) is 18.9. The van der Waals surface area contributed by atoms with Gasteiger partial charge in [0.2, 0.25) is 11.1 Å². The summed E-state index contributed by atoms with van der Waals surface area (Å²) in [7, 11) is 0. The second-order valence-corrected chi connectivity index (χ2v) is 6.68. The summed E-state index contributed by atoms with van der Waals surface area (Å²) in [6.45, 7) is 7.78. The summed E-state index contributed by atoms with van der Waals surface area (Å²) >= 11 is 1.18. The van der Waals surface area contributed by atoms with Gasteiger partial charge in [0.25, 0.3) is 0 Å². The minimum Gasteiger partial charge on any atom is -0.335 e. The number of urea groups is 1. The zero-order chi connectivity index (χ0) is 18.4. The number of para-hydroxylation sites is 1. The molecule has 25 heavy (non-hydrogen) atoms. The van der Waals surface area contributed by atoms with Crippen LogP contribution in [-0.2, 0) is 4.79 Å². The molecule has 0 aliphatic rings. The van der Waals surface area contributed by atoms with Gasteiger partial charge < -0.3 is 5.32 Å². The summed E-state index contributed by atoms with van der Waals surface area (Å²) in [5.74, 6) is -0.360. The molecular formula is C16H22N6O2S. The largest absolute Gasteiger partial charge is 0.335 e. The maximum atomic E-state index is 11.9. The summed E-state index contributed by atoms with van der Waals surface area (Å²) in [4.78, 5) is 23.6. The zero-order valence-corrected chi connectivity index (χ0v) is 15.6. The molecule has 0 aliphatic carbocycles. The van der Waals surface area contributed by atoms with Gasteiger partial charge in [0.1, 0.15) is 0 Å². The molecule has 2 N–H and O–H groups in total. The Labute approximate surface area is 150 Å². The van der Waals surface area contributed by atoms with Gasteiger partial charge in [0.15, 0.2) is 0 Å². The van der Waals surface area contributed by atoms with Gasteiger partial charge in [-0.25, -0.2) is 4.79 Å². The maximum absolute atomic E-state index is 11.9. The molecule has 134 valence electrons. The minimum atomic E-state index is -0.491. The van der Waals surface area contributed by atoms with Crippen LogP contribution in [0.2, 0.25) is 0 Å². The molecule has 1 aromatic carbocycles. The number of imide groups is 1. The topological polar surface area (TPSA) is 102 Å². The molecule has 1 heterocycles. The number of aryl methyl sites for hydroxylation is 2. The summed E-state index contributed by atoms with van der Waals surface area (Å²) in [5, 5.41) is 17.2. The third kappa shape index (κ3) is 5.02. The first-order chi connectivity index (χ1) is 11.9. The van der Waals surface area contributed by atoms with E-state index in [1.165, 1.54) is 11.8 Å². The predicted molar refractivity (Wildman–Crippen MR) is 95.8 cm³/mol. The van der Waals surface area contributed by atoms with E-state index in [0.717, 1.165) is 23.2 Å². The Morgan fingerprint density at radius 3 is 2.60 bits per heavy atom. The van der Waals surface area contributed by atoms with Crippen LogP contribution in [0.3, 0.4) is 0 Å². The predicted octanol–water partition coefficient (Wildman–Crippen LogP) is 2.00. The van der Waals surface area contributed by atoms with Crippen LogP contribution in [-0.4, -0.2) is 43.9 Å². The van der Waals surface area contributed by atoms with E-state index >= 15 is 0 Å². The third-order valence-electron chi connectivity index (χ3n) is 3.67. The average Bonchev–Trinajstić information content (AvgIpc) is 3.00. The fraction of sp³-hybridized carbons (Fsp3) is 0.438. The quantitative estimate of drug-likeness (QED) is 0.762. The van der Waals surface area contributed by atoms with Crippen LogP contribution in [0.4, 0.5) is 4.79 Å². The number of hydrogen-bond acceptors (Lipinski definition) is 6. The van der Waals surface area contributed by atoms with E-state index in [0.29, 0.717) is 5.16 Å². The number of rotatable bonds is 6. The first-order valence-corrected chi connectivity index (χ1v) is 8.99. The lowest BCUT2D eigenvalue weighted by atomic mass is 10.1. The van der Waals surface area contributed by atoms with E-state index in [-0.39, 0.29) is 11.8 Å². The standard InChI is InChI=1S/C16H22N6O2S/c1-5-12(4)17-15(24)18-13(23)9-25-16-19-20-21-22(16)14-10(2)7-6-8-11(14)3/h6-8,12H,5,9H2,1-4H3,(H2,17,18,23,24)/t12-/m1/s1. The van der Waals surface area contributed by atoms with E-state index in [4.69, 9.17) is 0 Å². The molecule has 0 aliphatic heterocycles. The van der Waals surface area contributed by atoms with Crippen LogP contribution in [0, 0.1) is 13.8 Å². The highest BCUT2D eigenvalue weighted by atomic mass is 32.2. The van der Waals surface area contributed by atoms with Crippen LogP contribution in [0.15, 0.2) is 23.4 Å². The molecule has 0 fully saturated rings. The number of nitrogens with one attached hydrogen (secondary N) is 2. The van der Waals surface area contributed by atoms with Crippen LogP contribution in [0.25, 0.3) is 5.69 Å². The van der Waals surface area contributed by atoms with Crippen LogP contribution < -0.4 is 10.6 Å². The van der Waals surface area contributed by atoms with Gasteiger partial charge in [-0.15, -0.1) is 5.10 Å². The molecule has 9 heteroatoms. The molecule has 8 nitrogen and oxygen atoms in total. The van der Waals surface area contributed by atoms with Crippen molar-refractivity contribution in [1.29, 1.82) is 0 Å². The Kier molecular flexibility index (Phi) is 6.51. The van der Waals surface area contributed by atoms with Crippen molar-refractivity contribution < 1.29 is 9.59 Å². The van der Waals surface area contributed by atoms with Crippen molar-refractivity contribution in [1.82, 2.24) is 30.8 Å². The van der Waals surface area contributed by atoms with Gasteiger partial charge in [-0.1, -0.05) is 36.9 Å². The second kappa shape index (κ2) is 8.61. The van der Waals surface area contributed by atoms with Crippen molar-refractivity contribution in [3.63, 3.8) is 0 Å². The molecule has 0 spiro atoms. The van der Waals surface area contributed by atoms with Crippen LogP contribution in [0.1, 0.15) is 31.4 Å². The zero-order valence-electron chi connectivity index (χ0n) is 14.7. The number of benzene rings is 1. The van der Waals surface area contributed by atoms with Crippen molar-refractivity contribution in [3.8, 4) is 5.69 Å². The van der Waals surface area contributed by atoms with Crippen LogP contribution >= 0.6 is 11.8 Å². The molecule has 3 amide bonds. The average molecular weight is 362 g/mol. The Morgan fingerprint density at radius 1 is 1.28 bits per heavy atom. The van der Waals surface area contributed by atoms with E-state index < -0.39 is 11.9 Å². The van der Waals surface area contributed by atoms with Gasteiger partial charge in [0, 0.05) is 6.04 Å². The number of carbonyl (C=O) groups is 2. The van der Waals surface area contributed by atoms with E-state index in [1.54, 1.807) is 4.68 Å². The minimum absolute atomic E-state index is 0.0109. The Morgan fingerprint density at radius 2 is 1.96 bits per heavy atom. The molecule has 0 bridgehead atoms. The number of hydrogen-bond donors (Lipinski definition) is 2. The Hall–Kier alpha value is -2.42. The number of aromatic nitrogens is 4. The Balaban J connectivity index is 2.00. The van der Waals surface area contributed by atoms with Crippen molar-refractivity contribution >= 4 is 23.7 Å². The number of carbonyl (C=O) groups excluding carboxylic acids is 2. The van der Waals surface area contributed by atoms with Crippen LogP contribution in [0.5, 0.6) is 0 Å². The second-order valence-electron chi connectivity index (χ2n) is 5.73. The highest BCUT2D eigenvalue weighted by molar-refractivity contribution is 7.99. The molecule has 1 atom stereocenters. The van der Waals surface area contributed by atoms with Gasteiger partial charge in [0.05, 0.1) is 11.4 Å². The summed E-state index contributed by atoms with van der Waals surface area (Å²) < 4.78 is 1.61. The van der Waals surface area contributed by atoms with Gasteiger partial charge in [-0.3, -0.25) is 10.1 Å². The fourth-order valence-corrected chi connectivity index (χ4v) is 2.88. The lowest BCUT2D eigenvalue weighted by Gasteiger charge is -2.12. The lowest BCUT2D eigenvalue weighted by Crippen LogP contribution is -2.43. The summed E-state index contributed by atoms with van der Waals surface area (Å²) in [5.41, 5.74) is 2.96. The molecule has 1 aromatic heterocycles. The van der Waals surface area contributed by atoms with Crippen molar-refractivity contribution in [2.45, 2.75) is 45.3 Å². The van der Waals surface area contributed by atoms with E-state index in [1.807, 2.05) is 45.9 Å². The number of thioether (sulfide) groups is 1.